The van der Waals surface area contributed by atoms with Gasteiger partial charge in [0.15, 0.2) is 0 Å². The average molecular weight is 269 g/mol. The highest BCUT2D eigenvalue weighted by Crippen LogP contribution is 2.14. The maximum absolute atomic E-state index is 5.62. The van der Waals surface area contributed by atoms with E-state index in [1.54, 1.807) is 0 Å². The minimum Gasteiger partial charge on any atom is -0.494 e. The number of rotatable bonds is 8. The Labute approximate surface area is 121 Å². The van der Waals surface area contributed by atoms with Crippen LogP contribution >= 0.6 is 0 Å². The average Bonchev–Trinajstić information content (AvgIpc) is 2.50. The van der Waals surface area contributed by atoms with E-state index >= 15 is 0 Å². The number of hydrogen-bond donors (Lipinski definition) is 0. The minimum absolute atomic E-state index is 0.715. The lowest BCUT2D eigenvalue weighted by Crippen LogP contribution is -1.98. The van der Waals surface area contributed by atoms with Crippen LogP contribution in [0.5, 0.6) is 11.5 Å². The summed E-state index contributed by atoms with van der Waals surface area (Å²) in [6, 6.07) is 19.1. The van der Waals surface area contributed by atoms with Gasteiger partial charge in [-0.1, -0.05) is 30.3 Å². The van der Waals surface area contributed by atoms with E-state index < -0.39 is 0 Å². The zero-order valence-electron chi connectivity index (χ0n) is 12.0. The van der Waals surface area contributed by atoms with Gasteiger partial charge in [-0.15, -0.1) is 0 Å². The highest BCUT2D eigenvalue weighted by molar-refractivity contribution is 5.27. The molecule has 0 atom stereocenters. The second-order valence-corrected chi connectivity index (χ2v) is 4.61. The molecule has 2 nitrogen and oxygen atoms in total. The molecule has 1 radical (unpaired) electrons. The van der Waals surface area contributed by atoms with Gasteiger partial charge in [-0.05, 0) is 49.9 Å². The Hall–Kier alpha value is -1.96. The third-order valence-corrected chi connectivity index (χ3v) is 3.03. The molecule has 2 heteroatoms. The molecule has 20 heavy (non-hydrogen) atoms. The monoisotopic (exact) mass is 269 g/mol. The number of benzene rings is 2. The summed E-state index contributed by atoms with van der Waals surface area (Å²) in [6.07, 6.45) is 3.25. The van der Waals surface area contributed by atoms with Crippen LogP contribution in [-0.2, 0) is 6.42 Å². The van der Waals surface area contributed by atoms with Crippen molar-refractivity contribution < 1.29 is 9.47 Å². The van der Waals surface area contributed by atoms with Crippen LogP contribution in [0, 0.1) is 6.07 Å². The van der Waals surface area contributed by atoms with E-state index in [1.807, 2.05) is 43.3 Å². The van der Waals surface area contributed by atoms with Crippen molar-refractivity contribution >= 4 is 0 Å². The van der Waals surface area contributed by atoms with Crippen LogP contribution in [0.15, 0.2) is 48.5 Å². The summed E-state index contributed by atoms with van der Waals surface area (Å²) in [6.45, 7) is 3.46. The number of para-hydroxylation sites is 1. The zero-order valence-corrected chi connectivity index (χ0v) is 12.0. The Kier molecular flexibility index (Phi) is 5.97. The Morgan fingerprint density at radius 2 is 1.80 bits per heavy atom. The lowest BCUT2D eigenvalue weighted by molar-refractivity contribution is 0.306. The Balaban J connectivity index is 1.63. The maximum atomic E-state index is 5.62. The fraction of sp³-hybridized carbons (Fsp3) is 0.333. The molecule has 2 rings (SSSR count). The summed E-state index contributed by atoms with van der Waals surface area (Å²) >= 11 is 0. The van der Waals surface area contributed by atoms with Crippen molar-refractivity contribution in [2.45, 2.75) is 26.2 Å². The normalized spacial score (nSPS) is 10.2. The largest absolute Gasteiger partial charge is 0.494 e. The highest BCUT2D eigenvalue weighted by atomic mass is 16.5. The first-order valence-electron chi connectivity index (χ1n) is 7.19. The van der Waals surface area contributed by atoms with Crippen LogP contribution < -0.4 is 9.47 Å². The molecule has 2 aromatic rings. The van der Waals surface area contributed by atoms with Crippen molar-refractivity contribution in [1.29, 1.82) is 0 Å². The second-order valence-electron chi connectivity index (χ2n) is 4.61. The highest BCUT2D eigenvalue weighted by Gasteiger charge is 1.97. The first kappa shape index (κ1) is 14.4. The van der Waals surface area contributed by atoms with Gasteiger partial charge in [0.05, 0.1) is 13.2 Å². The number of hydrogen-bond acceptors (Lipinski definition) is 2. The third-order valence-electron chi connectivity index (χ3n) is 3.03. The molecule has 0 N–H and O–H groups in total. The van der Waals surface area contributed by atoms with E-state index in [9.17, 15) is 0 Å². The van der Waals surface area contributed by atoms with Gasteiger partial charge in [-0.3, -0.25) is 0 Å². The van der Waals surface area contributed by atoms with Gasteiger partial charge in [-0.2, -0.15) is 0 Å². The van der Waals surface area contributed by atoms with E-state index in [2.05, 4.69) is 18.2 Å². The standard InChI is InChI=1S/C18H21O2/c1-2-19-18-13-11-16(12-14-18)8-6-7-15-20-17-9-4-3-5-10-17/h3-5,9,11-14H,2,6-8,15H2,1H3. The minimum atomic E-state index is 0.715. The zero-order chi connectivity index (χ0) is 14.0. The van der Waals surface area contributed by atoms with Crippen molar-refractivity contribution in [3.63, 3.8) is 0 Å². The molecule has 0 aliphatic heterocycles. The van der Waals surface area contributed by atoms with Crippen LogP contribution in [0.1, 0.15) is 25.3 Å². The van der Waals surface area contributed by atoms with Crippen molar-refractivity contribution in [2.24, 2.45) is 0 Å². The molecule has 0 fully saturated rings. The number of aryl methyl sites for hydroxylation is 1. The molecule has 0 spiro atoms. The predicted octanol–water partition coefficient (Wildman–Crippen LogP) is 4.29. The predicted molar refractivity (Wildman–Crippen MR) is 81.3 cm³/mol. The van der Waals surface area contributed by atoms with Crippen molar-refractivity contribution in [3.05, 3.63) is 60.2 Å². The SMILES string of the molecule is CCOc1ccc(CCCCOc2[c]cccc2)cc1. The quantitative estimate of drug-likeness (QED) is 0.666. The van der Waals surface area contributed by atoms with E-state index in [0.717, 1.165) is 37.4 Å². The number of ether oxygens (including phenoxy) is 2. The molecule has 0 bridgehead atoms. The van der Waals surface area contributed by atoms with Crippen molar-refractivity contribution in [3.8, 4) is 11.5 Å². The molecule has 0 saturated carbocycles. The Morgan fingerprint density at radius 1 is 0.950 bits per heavy atom. The lowest BCUT2D eigenvalue weighted by atomic mass is 10.1. The van der Waals surface area contributed by atoms with Gasteiger partial charge < -0.3 is 9.47 Å². The Bertz CT molecular complexity index is 477. The Morgan fingerprint density at radius 3 is 2.50 bits per heavy atom. The van der Waals surface area contributed by atoms with Gasteiger partial charge in [0.2, 0.25) is 0 Å². The molecular weight excluding hydrogens is 248 g/mol. The molecule has 0 aromatic heterocycles. The summed E-state index contributed by atoms with van der Waals surface area (Å²) < 4.78 is 11.0. The van der Waals surface area contributed by atoms with Crippen LogP contribution in [0.3, 0.4) is 0 Å². The van der Waals surface area contributed by atoms with Crippen LogP contribution in [0.25, 0.3) is 0 Å². The third kappa shape index (κ3) is 4.96. The first-order valence-corrected chi connectivity index (χ1v) is 7.19. The summed E-state index contributed by atoms with van der Waals surface area (Å²) in [5.41, 5.74) is 1.35. The van der Waals surface area contributed by atoms with Crippen molar-refractivity contribution in [2.75, 3.05) is 13.2 Å². The molecule has 2 aromatic carbocycles. The van der Waals surface area contributed by atoms with E-state index in [4.69, 9.17) is 9.47 Å². The molecule has 0 unspecified atom stereocenters. The van der Waals surface area contributed by atoms with Crippen LogP contribution in [0.4, 0.5) is 0 Å². The van der Waals surface area contributed by atoms with E-state index in [-0.39, 0.29) is 0 Å². The molecule has 105 valence electrons. The molecule has 0 saturated heterocycles. The summed E-state index contributed by atoms with van der Waals surface area (Å²) in [4.78, 5) is 0. The summed E-state index contributed by atoms with van der Waals surface area (Å²) in [7, 11) is 0. The molecule has 0 aliphatic carbocycles. The van der Waals surface area contributed by atoms with E-state index in [0.29, 0.717) is 6.61 Å². The van der Waals surface area contributed by atoms with Gasteiger partial charge in [0, 0.05) is 6.07 Å². The van der Waals surface area contributed by atoms with Crippen molar-refractivity contribution in [1.82, 2.24) is 0 Å². The summed E-state index contributed by atoms with van der Waals surface area (Å²) in [5.74, 6) is 1.77. The smallest absolute Gasteiger partial charge is 0.127 e. The maximum Gasteiger partial charge on any atom is 0.127 e. The fourth-order valence-electron chi connectivity index (χ4n) is 2.00. The van der Waals surface area contributed by atoms with Gasteiger partial charge in [-0.25, -0.2) is 0 Å². The molecule has 0 aliphatic rings. The van der Waals surface area contributed by atoms with Gasteiger partial charge in [0.1, 0.15) is 11.5 Å². The van der Waals surface area contributed by atoms with E-state index in [1.165, 1.54) is 5.56 Å². The van der Waals surface area contributed by atoms with Gasteiger partial charge >= 0.3 is 0 Å². The topological polar surface area (TPSA) is 18.5 Å². The van der Waals surface area contributed by atoms with Gasteiger partial charge in [0.25, 0.3) is 0 Å². The molecular formula is C18H21O2. The second kappa shape index (κ2) is 8.26. The summed E-state index contributed by atoms with van der Waals surface area (Å²) in [5, 5.41) is 0. The fourth-order valence-corrected chi connectivity index (χ4v) is 2.00. The molecule has 0 amide bonds. The lowest BCUT2D eigenvalue weighted by Gasteiger charge is -2.06. The molecule has 0 heterocycles. The number of unbranched alkanes of at least 4 members (excludes halogenated alkanes) is 1. The first-order chi connectivity index (χ1) is 9.88. The van der Waals surface area contributed by atoms with Crippen LogP contribution in [0.2, 0.25) is 0 Å². The van der Waals surface area contributed by atoms with Crippen LogP contribution in [-0.4, -0.2) is 13.2 Å².